The van der Waals surface area contributed by atoms with Crippen molar-refractivity contribution < 1.29 is 18.3 Å². The van der Waals surface area contributed by atoms with Gasteiger partial charge in [0.05, 0.1) is 5.75 Å². The zero-order valence-corrected chi connectivity index (χ0v) is 10.7. The second kappa shape index (κ2) is 7.62. The first-order valence-corrected chi connectivity index (χ1v) is 7.31. The van der Waals surface area contributed by atoms with Crippen molar-refractivity contribution in [3.8, 4) is 0 Å². The van der Waals surface area contributed by atoms with Gasteiger partial charge in [-0.2, -0.15) is 0 Å². The van der Waals surface area contributed by atoms with Gasteiger partial charge in [-0.3, -0.25) is 4.79 Å². The van der Waals surface area contributed by atoms with E-state index in [-0.39, 0.29) is 5.75 Å². The summed E-state index contributed by atoms with van der Waals surface area (Å²) >= 11 is 0. The Morgan fingerprint density at radius 1 is 1.25 bits per heavy atom. The largest absolute Gasteiger partial charge is 0.480 e. The van der Waals surface area contributed by atoms with Crippen LogP contribution in [-0.2, 0) is 14.8 Å². The van der Waals surface area contributed by atoms with Crippen molar-refractivity contribution >= 4 is 16.0 Å². The van der Waals surface area contributed by atoms with Gasteiger partial charge < -0.3 is 5.11 Å². The van der Waals surface area contributed by atoms with Gasteiger partial charge in [0.15, 0.2) is 0 Å². The van der Waals surface area contributed by atoms with E-state index in [0.717, 1.165) is 12.8 Å². The molecule has 0 fully saturated rings. The molecule has 1 unspecified atom stereocenters. The van der Waals surface area contributed by atoms with Crippen molar-refractivity contribution in [2.24, 2.45) is 0 Å². The molecule has 0 spiro atoms. The van der Waals surface area contributed by atoms with Gasteiger partial charge in [-0.05, 0) is 12.8 Å². The molecule has 0 aliphatic heterocycles. The Hall–Kier alpha value is -0.620. The lowest BCUT2D eigenvalue weighted by atomic mass is 10.1. The third kappa shape index (κ3) is 6.79. The van der Waals surface area contributed by atoms with E-state index in [0.29, 0.717) is 19.3 Å². The molecule has 0 amide bonds. The summed E-state index contributed by atoms with van der Waals surface area (Å²) in [6.45, 7) is 3.83. The number of sulfonamides is 1. The lowest BCUT2D eigenvalue weighted by Crippen LogP contribution is -2.41. The van der Waals surface area contributed by atoms with E-state index < -0.39 is 22.0 Å². The summed E-state index contributed by atoms with van der Waals surface area (Å²) in [5.41, 5.74) is 0. The quantitative estimate of drug-likeness (QED) is 0.648. The van der Waals surface area contributed by atoms with Crippen LogP contribution in [0.15, 0.2) is 0 Å². The van der Waals surface area contributed by atoms with Crippen LogP contribution in [0.5, 0.6) is 0 Å². The van der Waals surface area contributed by atoms with Gasteiger partial charge in [-0.25, -0.2) is 13.1 Å². The molecule has 0 aromatic heterocycles. The minimum atomic E-state index is -3.45. The lowest BCUT2D eigenvalue weighted by Gasteiger charge is -2.14. The van der Waals surface area contributed by atoms with Crippen molar-refractivity contribution in [2.75, 3.05) is 5.75 Å². The Labute approximate surface area is 97.3 Å². The molecule has 16 heavy (non-hydrogen) atoms. The Bertz CT molecular complexity index is 300. The van der Waals surface area contributed by atoms with Crippen molar-refractivity contribution in [2.45, 2.75) is 52.0 Å². The average molecular weight is 251 g/mol. The monoisotopic (exact) mass is 251 g/mol. The molecule has 5 nitrogen and oxygen atoms in total. The topological polar surface area (TPSA) is 83.5 Å². The number of rotatable bonds is 9. The van der Waals surface area contributed by atoms with E-state index in [1.54, 1.807) is 0 Å². The SMILES string of the molecule is CCCCC(NS(=O)(=O)CCCC)C(=O)O. The highest BCUT2D eigenvalue weighted by atomic mass is 32.2. The maximum absolute atomic E-state index is 11.5. The van der Waals surface area contributed by atoms with Crippen molar-refractivity contribution in [3.05, 3.63) is 0 Å². The predicted molar refractivity (Wildman–Crippen MR) is 62.8 cm³/mol. The van der Waals surface area contributed by atoms with Crippen LogP contribution in [0.4, 0.5) is 0 Å². The molecule has 2 N–H and O–H groups in total. The minimum Gasteiger partial charge on any atom is -0.480 e. The van der Waals surface area contributed by atoms with Crippen LogP contribution in [0, 0.1) is 0 Å². The van der Waals surface area contributed by atoms with Crippen molar-refractivity contribution in [1.82, 2.24) is 4.72 Å². The standard InChI is InChI=1S/C10H21NO4S/c1-3-5-7-9(10(12)13)11-16(14,15)8-6-4-2/h9,11H,3-8H2,1-2H3,(H,12,13). The number of carboxylic acid groups (broad SMARTS) is 1. The van der Waals surface area contributed by atoms with E-state index in [4.69, 9.17) is 5.11 Å². The van der Waals surface area contributed by atoms with Crippen LogP contribution in [0.3, 0.4) is 0 Å². The Balaban J connectivity index is 4.32. The van der Waals surface area contributed by atoms with Crippen LogP contribution in [0.25, 0.3) is 0 Å². The molecular weight excluding hydrogens is 230 g/mol. The van der Waals surface area contributed by atoms with Gasteiger partial charge in [0.2, 0.25) is 10.0 Å². The predicted octanol–water partition coefficient (Wildman–Crippen LogP) is 1.35. The van der Waals surface area contributed by atoms with Gasteiger partial charge in [-0.15, -0.1) is 0 Å². The number of hydrogen-bond donors (Lipinski definition) is 2. The molecule has 0 bridgehead atoms. The Morgan fingerprint density at radius 3 is 2.25 bits per heavy atom. The maximum atomic E-state index is 11.5. The number of aliphatic carboxylic acids is 1. The zero-order valence-electron chi connectivity index (χ0n) is 9.90. The molecule has 96 valence electrons. The normalized spacial score (nSPS) is 13.6. The third-order valence-corrected chi connectivity index (χ3v) is 3.70. The van der Waals surface area contributed by atoms with Crippen molar-refractivity contribution in [3.63, 3.8) is 0 Å². The van der Waals surface area contributed by atoms with Gasteiger partial charge in [0, 0.05) is 0 Å². The molecule has 0 aromatic carbocycles. The molecule has 0 saturated heterocycles. The summed E-state index contributed by atoms with van der Waals surface area (Å²) in [6, 6.07) is -0.984. The first-order valence-electron chi connectivity index (χ1n) is 5.65. The number of carbonyl (C=O) groups is 1. The Kier molecular flexibility index (Phi) is 7.33. The third-order valence-electron chi connectivity index (χ3n) is 2.23. The first-order chi connectivity index (χ1) is 7.43. The van der Waals surface area contributed by atoms with E-state index >= 15 is 0 Å². The molecule has 6 heteroatoms. The first kappa shape index (κ1) is 15.4. The van der Waals surface area contributed by atoms with Gasteiger partial charge in [0.25, 0.3) is 0 Å². The fourth-order valence-electron chi connectivity index (χ4n) is 1.25. The summed E-state index contributed by atoms with van der Waals surface area (Å²) in [5, 5.41) is 8.86. The maximum Gasteiger partial charge on any atom is 0.321 e. The fraction of sp³-hybridized carbons (Fsp3) is 0.900. The summed E-state index contributed by atoms with van der Waals surface area (Å²) in [5.74, 6) is -1.10. The van der Waals surface area contributed by atoms with Gasteiger partial charge >= 0.3 is 5.97 Å². The van der Waals surface area contributed by atoms with E-state index in [1.807, 2.05) is 13.8 Å². The molecule has 0 radical (unpaired) electrons. The second-order valence-electron chi connectivity index (χ2n) is 3.82. The molecular formula is C10H21NO4S. The smallest absolute Gasteiger partial charge is 0.321 e. The van der Waals surface area contributed by atoms with Crippen LogP contribution in [0.2, 0.25) is 0 Å². The molecule has 0 aromatic rings. The molecule has 0 saturated carbocycles. The highest BCUT2D eigenvalue weighted by Crippen LogP contribution is 2.04. The fourth-order valence-corrected chi connectivity index (χ4v) is 2.69. The van der Waals surface area contributed by atoms with Crippen LogP contribution < -0.4 is 4.72 Å². The van der Waals surface area contributed by atoms with Crippen LogP contribution in [0.1, 0.15) is 46.0 Å². The highest BCUT2D eigenvalue weighted by molar-refractivity contribution is 7.89. The summed E-state index contributed by atoms with van der Waals surface area (Å²) < 4.78 is 25.2. The highest BCUT2D eigenvalue weighted by Gasteiger charge is 2.22. The second-order valence-corrected chi connectivity index (χ2v) is 5.70. The number of hydrogen-bond acceptors (Lipinski definition) is 3. The van der Waals surface area contributed by atoms with Gasteiger partial charge in [-0.1, -0.05) is 33.1 Å². The minimum absolute atomic E-state index is 0.000590. The van der Waals surface area contributed by atoms with Crippen molar-refractivity contribution in [1.29, 1.82) is 0 Å². The van der Waals surface area contributed by atoms with E-state index in [2.05, 4.69) is 4.72 Å². The number of nitrogens with one attached hydrogen (secondary N) is 1. The summed E-state index contributed by atoms with van der Waals surface area (Å²) in [6.07, 6.45) is 3.22. The summed E-state index contributed by atoms with van der Waals surface area (Å²) in [7, 11) is -3.45. The summed E-state index contributed by atoms with van der Waals surface area (Å²) in [4.78, 5) is 10.8. The molecule has 1 atom stereocenters. The zero-order chi connectivity index (χ0) is 12.6. The molecule has 0 heterocycles. The molecule has 0 aliphatic rings. The van der Waals surface area contributed by atoms with E-state index in [9.17, 15) is 13.2 Å². The molecule has 0 aliphatic carbocycles. The molecule has 0 rings (SSSR count). The van der Waals surface area contributed by atoms with Crippen LogP contribution in [-0.4, -0.2) is 31.3 Å². The van der Waals surface area contributed by atoms with Gasteiger partial charge in [0.1, 0.15) is 6.04 Å². The lowest BCUT2D eigenvalue weighted by molar-refractivity contribution is -0.139. The number of unbranched alkanes of at least 4 members (excludes halogenated alkanes) is 2. The van der Waals surface area contributed by atoms with E-state index in [1.165, 1.54) is 0 Å². The van der Waals surface area contributed by atoms with Crippen LogP contribution >= 0.6 is 0 Å². The number of carboxylic acids is 1. The Morgan fingerprint density at radius 2 is 1.81 bits per heavy atom. The average Bonchev–Trinajstić information content (AvgIpc) is 2.21.